The van der Waals surface area contributed by atoms with Gasteiger partial charge in [0.1, 0.15) is 5.75 Å². The summed E-state index contributed by atoms with van der Waals surface area (Å²) in [5.74, 6) is 0.600. The number of methoxy groups -OCH3 is 1. The van der Waals surface area contributed by atoms with Crippen molar-refractivity contribution in [1.82, 2.24) is 9.55 Å². The number of hydrogen-bond acceptors (Lipinski definition) is 3. The fourth-order valence-electron chi connectivity index (χ4n) is 2.05. The molecule has 0 aliphatic heterocycles. The number of hydrogen-bond donors (Lipinski definition) is 2. The minimum atomic E-state index is -0.178. The van der Waals surface area contributed by atoms with Crippen molar-refractivity contribution in [2.45, 2.75) is 26.8 Å². The number of nitrogens with one attached hydrogen (secondary N) is 2. The summed E-state index contributed by atoms with van der Waals surface area (Å²) in [5, 5.41) is 2.79. The van der Waals surface area contributed by atoms with Gasteiger partial charge >= 0.3 is 5.69 Å². The third kappa shape index (κ3) is 3.53. The number of aryl methyl sites for hydroxylation is 1. The van der Waals surface area contributed by atoms with Crippen LogP contribution in [0.25, 0.3) is 0 Å². The van der Waals surface area contributed by atoms with Crippen LogP contribution in [0, 0.1) is 13.8 Å². The topological polar surface area (TPSA) is 76.1 Å². The Labute approximate surface area is 122 Å². The molecule has 0 atom stereocenters. The van der Waals surface area contributed by atoms with Crippen molar-refractivity contribution in [2.24, 2.45) is 0 Å². The molecule has 6 nitrogen and oxygen atoms in total. The Balaban J connectivity index is 1.94. The summed E-state index contributed by atoms with van der Waals surface area (Å²) >= 11 is 0. The largest absolute Gasteiger partial charge is 0.497 e. The lowest BCUT2D eigenvalue weighted by Gasteiger charge is -2.07. The van der Waals surface area contributed by atoms with E-state index in [0.717, 1.165) is 17.1 Å². The van der Waals surface area contributed by atoms with E-state index in [2.05, 4.69) is 10.3 Å². The molecule has 0 saturated heterocycles. The molecule has 2 N–H and O–H groups in total. The van der Waals surface area contributed by atoms with Gasteiger partial charge in [0, 0.05) is 30.0 Å². The average molecular weight is 289 g/mol. The fraction of sp³-hybridized carbons (Fsp3) is 0.333. The number of H-pyrrole nitrogens is 1. The number of ether oxygens (including phenoxy) is 1. The van der Waals surface area contributed by atoms with Crippen molar-refractivity contribution in [1.29, 1.82) is 0 Å². The molecule has 0 unspecified atom stereocenters. The van der Waals surface area contributed by atoms with E-state index >= 15 is 0 Å². The molecular weight excluding hydrogens is 270 g/mol. The molecule has 6 heteroatoms. The Morgan fingerprint density at radius 1 is 1.29 bits per heavy atom. The van der Waals surface area contributed by atoms with Gasteiger partial charge in [-0.15, -0.1) is 0 Å². The van der Waals surface area contributed by atoms with Crippen LogP contribution in [-0.2, 0) is 11.3 Å². The molecule has 21 heavy (non-hydrogen) atoms. The maximum Gasteiger partial charge on any atom is 0.325 e. The smallest absolute Gasteiger partial charge is 0.325 e. The maximum atomic E-state index is 11.9. The van der Waals surface area contributed by atoms with Crippen LogP contribution >= 0.6 is 0 Å². The van der Waals surface area contributed by atoms with Crippen LogP contribution in [0.5, 0.6) is 5.75 Å². The summed E-state index contributed by atoms with van der Waals surface area (Å²) in [5.41, 5.74) is 2.21. The van der Waals surface area contributed by atoms with E-state index < -0.39 is 0 Å². The van der Waals surface area contributed by atoms with Gasteiger partial charge in [-0.25, -0.2) is 4.79 Å². The monoisotopic (exact) mass is 289 g/mol. The highest BCUT2D eigenvalue weighted by molar-refractivity contribution is 5.90. The van der Waals surface area contributed by atoms with Crippen LogP contribution in [0.3, 0.4) is 0 Å². The number of carbonyl (C=O) groups is 1. The van der Waals surface area contributed by atoms with Crippen molar-refractivity contribution in [3.8, 4) is 5.75 Å². The third-order valence-corrected chi connectivity index (χ3v) is 3.42. The van der Waals surface area contributed by atoms with Crippen molar-refractivity contribution < 1.29 is 9.53 Å². The first-order chi connectivity index (χ1) is 10.0. The van der Waals surface area contributed by atoms with E-state index in [4.69, 9.17) is 4.74 Å². The van der Waals surface area contributed by atoms with Crippen molar-refractivity contribution in [2.75, 3.05) is 12.4 Å². The fourth-order valence-corrected chi connectivity index (χ4v) is 2.05. The second-order valence-corrected chi connectivity index (χ2v) is 4.82. The maximum absolute atomic E-state index is 11.9. The van der Waals surface area contributed by atoms with Crippen LogP contribution in [0.4, 0.5) is 5.69 Å². The zero-order valence-corrected chi connectivity index (χ0v) is 12.4. The van der Waals surface area contributed by atoms with Crippen LogP contribution in [0.2, 0.25) is 0 Å². The molecule has 0 bridgehead atoms. The first-order valence-corrected chi connectivity index (χ1v) is 6.71. The molecule has 2 aromatic rings. The number of anilines is 1. The highest BCUT2D eigenvalue weighted by atomic mass is 16.5. The Morgan fingerprint density at radius 3 is 2.48 bits per heavy atom. The Morgan fingerprint density at radius 2 is 1.95 bits per heavy atom. The number of carbonyl (C=O) groups excluding carboxylic acids is 1. The summed E-state index contributed by atoms with van der Waals surface area (Å²) < 4.78 is 6.63. The number of aromatic nitrogens is 2. The zero-order chi connectivity index (χ0) is 15.4. The SMILES string of the molecule is COc1ccc(NC(=O)CCn2c(C)c(C)[nH]c2=O)cc1. The first kappa shape index (κ1) is 14.9. The zero-order valence-electron chi connectivity index (χ0n) is 12.4. The van der Waals surface area contributed by atoms with Gasteiger partial charge in [0.15, 0.2) is 0 Å². The minimum absolute atomic E-state index is 0.134. The van der Waals surface area contributed by atoms with Gasteiger partial charge in [-0.3, -0.25) is 9.36 Å². The summed E-state index contributed by atoms with van der Waals surface area (Å²) in [6.45, 7) is 4.05. The van der Waals surface area contributed by atoms with Gasteiger partial charge in [-0.1, -0.05) is 0 Å². The van der Waals surface area contributed by atoms with Gasteiger partial charge in [0.25, 0.3) is 0 Å². The molecule has 0 saturated carbocycles. The molecule has 112 valence electrons. The second kappa shape index (κ2) is 6.30. The van der Waals surface area contributed by atoms with E-state index in [0.29, 0.717) is 12.2 Å². The normalized spacial score (nSPS) is 10.4. The molecule has 1 heterocycles. The number of imidazole rings is 1. The van der Waals surface area contributed by atoms with Gasteiger partial charge in [0.2, 0.25) is 5.91 Å². The van der Waals surface area contributed by atoms with Crippen LogP contribution in [0.1, 0.15) is 17.8 Å². The molecule has 0 spiro atoms. The number of amides is 1. The second-order valence-electron chi connectivity index (χ2n) is 4.82. The Bertz CT molecular complexity index is 683. The van der Waals surface area contributed by atoms with Crippen molar-refractivity contribution in [3.63, 3.8) is 0 Å². The number of rotatable bonds is 5. The number of nitrogens with zero attached hydrogens (tertiary/aromatic N) is 1. The highest BCUT2D eigenvalue weighted by Crippen LogP contribution is 2.15. The lowest BCUT2D eigenvalue weighted by atomic mass is 10.3. The summed E-state index contributed by atoms with van der Waals surface area (Å²) in [6.07, 6.45) is 0.240. The van der Waals surface area contributed by atoms with E-state index in [-0.39, 0.29) is 18.0 Å². The molecule has 2 rings (SSSR count). The lowest BCUT2D eigenvalue weighted by Crippen LogP contribution is -2.22. The van der Waals surface area contributed by atoms with Gasteiger partial charge < -0.3 is 15.0 Å². The van der Waals surface area contributed by atoms with Crippen LogP contribution in [0.15, 0.2) is 29.1 Å². The predicted molar refractivity (Wildman–Crippen MR) is 80.8 cm³/mol. The van der Waals surface area contributed by atoms with E-state index in [1.165, 1.54) is 0 Å². The first-order valence-electron chi connectivity index (χ1n) is 6.71. The molecule has 1 aromatic heterocycles. The highest BCUT2D eigenvalue weighted by Gasteiger charge is 2.09. The van der Waals surface area contributed by atoms with Crippen molar-refractivity contribution >= 4 is 11.6 Å². The van der Waals surface area contributed by atoms with Crippen molar-refractivity contribution in [3.05, 3.63) is 46.1 Å². The van der Waals surface area contributed by atoms with Crippen LogP contribution < -0.4 is 15.7 Å². The molecule has 0 fully saturated rings. The Kier molecular flexibility index (Phi) is 4.47. The van der Waals surface area contributed by atoms with Gasteiger partial charge in [-0.05, 0) is 38.1 Å². The predicted octanol–water partition coefficient (Wildman–Crippen LogP) is 1.83. The molecule has 1 amide bonds. The molecule has 0 radical (unpaired) electrons. The van der Waals surface area contributed by atoms with Crippen LogP contribution in [-0.4, -0.2) is 22.6 Å². The van der Waals surface area contributed by atoms with Gasteiger partial charge in [0.05, 0.1) is 7.11 Å². The molecule has 0 aliphatic rings. The summed E-state index contributed by atoms with van der Waals surface area (Å²) in [6, 6.07) is 7.10. The molecule has 1 aromatic carbocycles. The molecule has 0 aliphatic carbocycles. The lowest BCUT2D eigenvalue weighted by molar-refractivity contribution is -0.116. The summed E-state index contributed by atoms with van der Waals surface area (Å²) in [4.78, 5) is 26.3. The summed E-state index contributed by atoms with van der Waals surface area (Å²) in [7, 11) is 1.59. The number of benzene rings is 1. The quantitative estimate of drug-likeness (QED) is 0.881. The average Bonchev–Trinajstić information content (AvgIpc) is 2.71. The standard InChI is InChI=1S/C15H19N3O3/c1-10-11(2)18(15(20)16-10)9-8-14(19)17-12-4-6-13(21-3)7-5-12/h4-7H,8-9H2,1-3H3,(H,16,20)(H,17,19). The molecular formula is C15H19N3O3. The minimum Gasteiger partial charge on any atom is -0.497 e. The van der Waals surface area contributed by atoms with E-state index in [1.807, 2.05) is 13.8 Å². The number of aromatic amines is 1. The third-order valence-electron chi connectivity index (χ3n) is 3.42. The van der Waals surface area contributed by atoms with E-state index in [9.17, 15) is 9.59 Å². The Hall–Kier alpha value is -2.50. The van der Waals surface area contributed by atoms with E-state index in [1.54, 1.807) is 35.9 Å². The van der Waals surface area contributed by atoms with Gasteiger partial charge in [-0.2, -0.15) is 0 Å².